The summed E-state index contributed by atoms with van der Waals surface area (Å²) in [5.74, 6) is 0.837. The minimum atomic E-state index is 0.187. The number of hydrogen-bond donors (Lipinski definition) is 1. The Morgan fingerprint density at radius 2 is 2.10 bits per heavy atom. The second kappa shape index (κ2) is 6.20. The Labute approximate surface area is 119 Å². The van der Waals surface area contributed by atoms with E-state index in [0.717, 1.165) is 36.0 Å². The molecule has 1 aromatic heterocycles. The minimum Gasteiger partial charge on any atom is -0.489 e. The van der Waals surface area contributed by atoms with Gasteiger partial charge in [-0.25, -0.2) is 0 Å². The minimum absolute atomic E-state index is 0.187. The van der Waals surface area contributed by atoms with Gasteiger partial charge >= 0.3 is 0 Å². The number of benzene rings is 1. The van der Waals surface area contributed by atoms with E-state index in [4.69, 9.17) is 9.47 Å². The summed E-state index contributed by atoms with van der Waals surface area (Å²) in [6, 6.07) is 10.00. The van der Waals surface area contributed by atoms with Gasteiger partial charge in [-0.15, -0.1) is 0 Å². The highest BCUT2D eigenvalue weighted by molar-refractivity contribution is 5.84. The van der Waals surface area contributed by atoms with Crippen LogP contribution in [0.5, 0.6) is 5.75 Å². The maximum Gasteiger partial charge on any atom is 0.145 e. The number of ether oxygens (including phenoxy) is 2. The third-order valence-electron chi connectivity index (χ3n) is 3.65. The van der Waals surface area contributed by atoms with E-state index in [0.29, 0.717) is 12.7 Å². The van der Waals surface area contributed by atoms with Gasteiger partial charge in [-0.3, -0.25) is 4.98 Å². The third-order valence-corrected chi connectivity index (χ3v) is 3.65. The second-order valence-corrected chi connectivity index (χ2v) is 5.16. The molecule has 0 amide bonds. The molecule has 0 bridgehead atoms. The molecule has 0 saturated carbocycles. The molecule has 3 rings (SSSR count). The molecule has 2 aromatic rings. The first kappa shape index (κ1) is 13.3. The van der Waals surface area contributed by atoms with Crippen molar-refractivity contribution < 1.29 is 9.47 Å². The number of para-hydroxylation sites is 1. The van der Waals surface area contributed by atoms with Gasteiger partial charge in [-0.1, -0.05) is 18.2 Å². The number of aromatic nitrogens is 1. The Morgan fingerprint density at radius 1 is 1.25 bits per heavy atom. The van der Waals surface area contributed by atoms with Crippen molar-refractivity contribution in [3.8, 4) is 5.75 Å². The van der Waals surface area contributed by atoms with Crippen molar-refractivity contribution >= 4 is 10.9 Å². The molecule has 2 heterocycles. The van der Waals surface area contributed by atoms with E-state index in [1.807, 2.05) is 37.4 Å². The number of rotatable bonds is 5. The summed E-state index contributed by atoms with van der Waals surface area (Å²) in [4.78, 5) is 4.39. The SMILES string of the molecule is CNCC1CCC(COc2cccc3cccnc23)O1. The van der Waals surface area contributed by atoms with Crippen LogP contribution in [0.15, 0.2) is 36.5 Å². The predicted molar refractivity (Wildman–Crippen MR) is 79.1 cm³/mol. The smallest absolute Gasteiger partial charge is 0.145 e. The lowest BCUT2D eigenvalue weighted by atomic mass is 10.2. The monoisotopic (exact) mass is 272 g/mol. The number of pyridine rings is 1. The lowest BCUT2D eigenvalue weighted by Crippen LogP contribution is -2.25. The van der Waals surface area contributed by atoms with Crippen LogP contribution >= 0.6 is 0 Å². The van der Waals surface area contributed by atoms with Crippen molar-refractivity contribution in [3.05, 3.63) is 36.5 Å². The van der Waals surface area contributed by atoms with Crippen molar-refractivity contribution in [2.75, 3.05) is 20.2 Å². The van der Waals surface area contributed by atoms with Crippen LogP contribution in [0.2, 0.25) is 0 Å². The highest BCUT2D eigenvalue weighted by atomic mass is 16.5. The molecule has 1 aromatic carbocycles. The summed E-state index contributed by atoms with van der Waals surface area (Å²) in [6.45, 7) is 1.50. The molecule has 0 radical (unpaired) electrons. The fraction of sp³-hybridized carbons (Fsp3) is 0.438. The molecule has 0 spiro atoms. The molecule has 0 aliphatic carbocycles. The predicted octanol–water partition coefficient (Wildman–Crippen LogP) is 2.38. The van der Waals surface area contributed by atoms with E-state index < -0.39 is 0 Å². The summed E-state index contributed by atoms with van der Waals surface area (Å²) in [5.41, 5.74) is 0.916. The summed E-state index contributed by atoms with van der Waals surface area (Å²) >= 11 is 0. The van der Waals surface area contributed by atoms with E-state index in [-0.39, 0.29) is 6.10 Å². The molecule has 1 fully saturated rings. The fourth-order valence-electron chi connectivity index (χ4n) is 2.66. The number of likely N-dealkylation sites (N-methyl/N-ethyl adjacent to an activating group) is 1. The maximum atomic E-state index is 5.93. The molecule has 1 N–H and O–H groups in total. The Kier molecular flexibility index (Phi) is 4.14. The van der Waals surface area contributed by atoms with Gasteiger partial charge in [0.15, 0.2) is 0 Å². The highest BCUT2D eigenvalue weighted by Gasteiger charge is 2.25. The van der Waals surface area contributed by atoms with E-state index in [9.17, 15) is 0 Å². The van der Waals surface area contributed by atoms with Crippen molar-refractivity contribution in [2.24, 2.45) is 0 Å². The van der Waals surface area contributed by atoms with Gasteiger partial charge < -0.3 is 14.8 Å². The molecular formula is C16H20N2O2. The Balaban J connectivity index is 1.63. The average molecular weight is 272 g/mol. The van der Waals surface area contributed by atoms with Crippen LogP contribution in [0.1, 0.15) is 12.8 Å². The zero-order valence-electron chi connectivity index (χ0n) is 11.7. The van der Waals surface area contributed by atoms with Crippen LogP contribution in [0.4, 0.5) is 0 Å². The topological polar surface area (TPSA) is 43.4 Å². The summed E-state index contributed by atoms with van der Waals surface area (Å²) < 4.78 is 11.8. The first-order valence-electron chi connectivity index (χ1n) is 7.13. The summed E-state index contributed by atoms with van der Waals surface area (Å²) in [7, 11) is 1.95. The van der Waals surface area contributed by atoms with E-state index >= 15 is 0 Å². The van der Waals surface area contributed by atoms with E-state index in [2.05, 4.69) is 10.3 Å². The standard InChI is InChI=1S/C16H20N2O2/c1-17-10-13-7-8-14(20-13)11-19-15-6-2-4-12-5-3-9-18-16(12)15/h2-6,9,13-14,17H,7-8,10-11H2,1H3. The van der Waals surface area contributed by atoms with E-state index in [1.54, 1.807) is 6.20 Å². The van der Waals surface area contributed by atoms with Crippen LogP contribution in [0.25, 0.3) is 10.9 Å². The van der Waals surface area contributed by atoms with Gasteiger partial charge in [0.2, 0.25) is 0 Å². The first-order chi connectivity index (χ1) is 9.86. The highest BCUT2D eigenvalue weighted by Crippen LogP contribution is 2.25. The quantitative estimate of drug-likeness (QED) is 0.907. The molecule has 2 unspecified atom stereocenters. The number of fused-ring (bicyclic) bond motifs is 1. The third kappa shape index (κ3) is 2.92. The van der Waals surface area contributed by atoms with Crippen LogP contribution in [-0.2, 0) is 4.74 Å². The fourth-order valence-corrected chi connectivity index (χ4v) is 2.66. The van der Waals surface area contributed by atoms with Crippen molar-refractivity contribution in [3.63, 3.8) is 0 Å². The zero-order chi connectivity index (χ0) is 13.8. The van der Waals surface area contributed by atoms with Crippen LogP contribution in [0.3, 0.4) is 0 Å². The normalized spacial score (nSPS) is 22.2. The van der Waals surface area contributed by atoms with Crippen LogP contribution < -0.4 is 10.1 Å². The number of nitrogens with one attached hydrogen (secondary N) is 1. The maximum absolute atomic E-state index is 5.93. The van der Waals surface area contributed by atoms with Crippen LogP contribution in [0, 0.1) is 0 Å². The van der Waals surface area contributed by atoms with E-state index in [1.165, 1.54) is 0 Å². The first-order valence-corrected chi connectivity index (χ1v) is 7.13. The molecule has 4 heteroatoms. The van der Waals surface area contributed by atoms with Crippen molar-refractivity contribution in [1.29, 1.82) is 0 Å². The van der Waals surface area contributed by atoms with Crippen molar-refractivity contribution in [2.45, 2.75) is 25.0 Å². The largest absolute Gasteiger partial charge is 0.489 e. The number of hydrogen-bond acceptors (Lipinski definition) is 4. The van der Waals surface area contributed by atoms with Gasteiger partial charge in [-0.2, -0.15) is 0 Å². The Morgan fingerprint density at radius 3 is 3.00 bits per heavy atom. The molecule has 1 aliphatic rings. The molecule has 1 saturated heterocycles. The Hall–Kier alpha value is -1.65. The number of nitrogens with zero attached hydrogens (tertiary/aromatic N) is 1. The van der Waals surface area contributed by atoms with Crippen LogP contribution in [-0.4, -0.2) is 37.4 Å². The molecule has 2 atom stereocenters. The lowest BCUT2D eigenvalue weighted by Gasteiger charge is -2.15. The van der Waals surface area contributed by atoms with Gasteiger partial charge in [0.1, 0.15) is 17.9 Å². The average Bonchev–Trinajstić information content (AvgIpc) is 2.93. The van der Waals surface area contributed by atoms with Gasteiger partial charge in [0, 0.05) is 18.1 Å². The van der Waals surface area contributed by atoms with Crippen molar-refractivity contribution in [1.82, 2.24) is 10.3 Å². The summed E-state index contributed by atoms with van der Waals surface area (Å²) in [5, 5.41) is 4.25. The lowest BCUT2D eigenvalue weighted by molar-refractivity contribution is 0.0196. The van der Waals surface area contributed by atoms with Gasteiger partial charge in [0.25, 0.3) is 0 Å². The molecule has 4 nitrogen and oxygen atoms in total. The Bertz CT molecular complexity index is 568. The van der Waals surface area contributed by atoms with Gasteiger partial charge in [0.05, 0.1) is 12.2 Å². The second-order valence-electron chi connectivity index (χ2n) is 5.16. The zero-order valence-corrected chi connectivity index (χ0v) is 11.7. The molecular weight excluding hydrogens is 252 g/mol. The molecule has 1 aliphatic heterocycles. The molecule has 106 valence electrons. The summed E-state index contributed by atoms with van der Waals surface area (Å²) in [6.07, 6.45) is 4.46. The van der Waals surface area contributed by atoms with Gasteiger partial charge in [-0.05, 0) is 32.0 Å². The molecule has 20 heavy (non-hydrogen) atoms.